The molecule has 1 saturated heterocycles. The number of benzene rings is 2. The minimum atomic E-state index is -0.176. The van der Waals surface area contributed by atoms with Gasteiger partial charge in [-0.3, -0.25) is 9.59 Å². The lowest BCUT2D eigenvalue weighted by Crippen LogP contribution is -2.30. The number of aromatic nitrogens is 4. The summed E-state index contributed by atoms with van der Waals surface area (Å²) in [5.41, 5.74) is 2.26. The van der Waals surface area contributed by atoms with Gasteiger partial charge in [0, 0.05) is 24.8 Å². The van der Waals surface area contributed by atoms with Crippen molar-refractivity contribution in [2.45, 2.75) is 24.0 Å². The zero-order valence-corrected chi connectivity index (χ0v) is 19.5. The number of thioether (sulfide) groups is 1. The lowest BCUT2D eigenvalue weighted by Gasteiger charge is -2.27. The standard InChI is InChI=1S/C23H24N6O4S/c1-28-23(25-26-27-28)34-14-21(30)24-17-7-4-15(5-8-17)22(31)29-10-2-3-18(29)16-6-9-19-20(13-16)33-12-11-32-19/h4-9,13,18H,2-3,10-12,14H2,1H3,(H,24,30)/t18-/m1/s1. The molecule has 11 heteroatoms. The molecule has 176 valence electrons. The topological polar surface area (TPSA) is 111 Å². The van der Waals surface area contributed by atoms with Gasteiger partial charge in [0.15, 0.2) is 11.5 Å². The van der Waals surface area contributed by atoms with Crippen molar-refractivity contribution in [1.82, 2.24) is 25.1 Å². The van der Waals surface area contributed by atoms with Crippen molar-refractivity contribution in [2.24, 2.45) is 7.05 Å². The molecule has 1 N–H and O–H groups in total. The second-order valence-corrected chi connectivity index (χ2v) is 9.00. The van der Waals surface area contributed by atoms with E-state index in [9.17, 15) is 9.59 Å². The number of amides is 2. The minimum absolute atomic E-state index is 0.00478. The fourth-order valence-electron chi connectivity index (χ4n) is 4.16. The van der Waals surface area contributed by atoms with Crippen molar-refractivity contribution >= 4 is 29.3 Å². The predicted octanol–water partition coefficient (Wildman–Crippen LogP) is 2.69. The molecule has 0 radical (unpaired) electrons. The van der Waals surface area contributed by atoms with Crippen LogP contribution in [0.25, 0.3) is 0 Å². The third-order valence-corrected chi connectivity index (χ3v) is 6.80. The largest absolute Gasteiger partial charge is 0.486 e. The van der Waals surface area contributed by atoms with Crippen LogP contribution in [0.15, 0.2) is 47.6 Å². The molecule has 0 unspecified atom stereocenters. The maximum atomic E-state index is 13.3. The molecule has 2 aliphatic heterocycles. The average Bonchev–Trinajstić information content (AvgIpc) is 3.51. The maximum Gasteiger partial charge on any atom is 0.254 e. The van der Waals surface area contributed by atoms with Gasteiger partial charge in [-0.15, -0.1) is 5.10 Å². The van der Waals surface area contributed by atoms with Gasteiger partial charge in [0.05, 0.1) is 11.8 Å². The Kier molecular flexibility index (Phi) is 6.35. The van der Waals surface area contributed by atoms with Crippen LogP contribution >= 0.6 is 11.8 Å². The number of anilines is 1. The highest BCUT2D eigenvalue weighted by Crippen LogP contribution is 2.38. The number of nitrogens with one attached hydrogen (secondary N) is 1. The van der Waals surface area contributed by atoms with Crippen LogP contribution in [-0.4, -0.2) is 62.4 Å². The van der Waals surface area contributed by atoms with Gasteiger partial charge in [0.1, 0.15) is 13.2 Å². The van der Waals surface area contributed by atoms with E-state index in [2.05, 4.69) is 20.8 Å². The average molecular weight is 481 g/mol. The number of hydrogen-bond acceptors (Lipinski definition) is 8. The Morgan fingerprint density at radius 3 is 2.68 bits per heavy atom. The SMILES string of the molecule is Cn1nnnc1SCC(=O)Nc1ccc(C(=O)N2CCC[C@@H]2c2ccc3c(c2)OCCO3)cc1. The molecular weight excluding hydrogens is 456 g/mol. The first-order valence-electron chi connectivity index (χ1n) is 11.0. The first-order valence-corrected chi connectivity index (χ1v) is 12.0. The normalized spacial score (nSPS) is 17.0. The Labute approximate surface area is 200 Å². The first kappa shape index (κ1) is 22.2. The number of nitrogens with zero attached hydrogens (tertiary/aromatic N) is 5. The maximum absolute atomic E-state index is 13.3. The molecule has 34 heavy (non-hydrogen) atoms. The zero-order chi connectivity index (χ0) is 23.5. The van der Waals surface area contributed by atoms with E-state index in [1.165, 1.54) is 16.4 Å². The monoisotopic (exact) mass is 480 g/mol. The van der Waals surface area contributed by atoms with E-state index in [0.29, 0.717) is 36.2 Å². The Balaban J connectivity index is 1.22. The van der Waals surface area contributed by atoms with Gasteiger partial charge < -0.3 is 19.7 Å². The van der Waals surface area contributed by atoms with E-state index >= 15 is 0 Å². The number of hydrogen-bond donors (Lipinski definition) is 1. The summed E-state index contributed by atoms with van der Waals surface area (Å²) in [7, 11) is 1.72. The van der Waals surface area contributed by atoms with E-state index in [-0.39, 0.29) is 23.6 Å². The lowest BCUT2D eigenvalue weighted by molar-refractivity contribution is -0.113. The molecule has 1 atom stereocenters. The summed E-state index contributed by atoms with van der Waals surface area (Å²) in [5.74, 6) is 1.46. The van der Waals surface area contributed by atoms with Gasteiger partial charge in [-0.2, -0.15) is 0 Å². The minimum Gasteiger partial charge on any atom is -0.486 e. The van der Waals surface area contributed by atoms with E-state index in [1.54, 1.807) is 31.3 Å². The van der Waals surface area contributed by atoms with Gasteiger partial charge in [0.2, 0.25) is 11.1 Å². The molecule has 3 aromatic rings. The van der Waals surface area contributed by atoms with Crippen LogP contribution in [0.5, 0.6) is 11.5 Å². The van der Waals surface area contributed by atoms with Crippen molar-refractivity contribution in [3.8, 4) is 11.5 Å². The van der Waals surface area contributed by atoms with Crippen molar-refractivity contribution in [3.63, 3.8) is 0 Å². The van der Waals surface area contributed by atoms with Crippen LogP contribution in [0, 0.1) is 0 Å². The van der Waals surface area contributed by atoms with Gasteiger partial charge in [-0.25, -0.2) is 4.68 Å². The van der Waals surface area contributed by atoms with E-state index in [0.717, 1.165) is 29.9 Å². The Bertz CT molecular complexity index is 1200. The number of rotatable bonds is 6. The van der Waals surface area contributed by atoms with Crippen LogP contribution in [0.1, 0.15) is 34.8 Å². The third-order valence-electron chi connectivity index (χ3n) is 5.79. The molecule has 10 nitrogen and oxygen atoms in total. The van der Waals surface area contributed by atoms with Gasteiger partial charge >= 0.3 is 0 Å². The predicted molar refractivity (Wildman–Crippen MR) is 125 cm³/mol. The van der Waals surface area contributed by atoms with E-state index in [1.807, 2.05) is 23.1 Å². The number of tetrazole rings is 1. The first-order chi connectivity index (χ1) is 16.6. The molecule has 3 heterocycles. The summed E-state index contributed by atoms with van der Waals surface area (Å²) in [6.45, 7) is 1.78. The molecule has 0 saturated carbocycles. The summed E-state index contributed by atoms with van der Waals surface area (Å²) in [6.07, 6.45) is 1.84. The highest BCUT2D eigenvalue weighted by Gasteiger charge is 2.31. The number of aryl methyl sites for hydroxylation is 1. The summed E-state index contributed by atoms with van der Waals surface area (Å²) >= 11 is 1.25. The van der Waals surface area contributed by atoms with Crippen molar-refractivity contribution < 1.29 is 19.1 Å². The molecular formula is C23H24N6O4S. The van der Waals surface area contributed by atoms with E-state index < -0.39 is 0 Å². The Morgan fingerprint density at radius 1 is 1.12 bits per heavy atom. The fraction of sp³-hybridized carbons (Fsp3) is 0.348. The van der Waals surface area contributed by atoms with Crippen LogP contribution in [-0.2, 0) is 11.8 Å². The number of likely N-dealkylation sites (tertiary alicyclic amines) is 1. The molecule has 1 aromatic heterocycles. The van der Waals surface area contributed by atoms with Crippen LogP contribution < -0.4 is 14.8 Å². The van der Waals surface area contributed by atoms with Gasteiger partial charge in [-0.05, 0) is 65.2 Å². The molecule has 5 rings (SSSR count). The number of fused-ring (bicyclic) bond motifs is 1. The quantitative estimate of drug-likeness (QED) is 0.536. The molecule has 0 spiro atoms. The summed E-state index contributed by atoms with van der Waals surface area (Å²) in [5, 5.41) is 14.5. The van der Waals surface area contributed by atoms with Gasteiger partial charge in [0.25, 0.3) is 5.91 Å². The molecule has 1 fully saturated rings. The van der Waals surface area contributed by atoms with Crippen molar-refractivity contribution in [3.05, 3.63) is 53.6 Å². The van der Waals surface area contributed by atoms with Gasteiger partial charge in [-0.1, -0.05) is 17.8 Å². The van der Waals surface area contributed by atoms with Crippen LogP contribution in [0.3, 0.4) is 0 Å². The Morgan fingerprint density at radius 2 is 1.91 bits per heavy atom. The molecule has 2 aliphatic rings. The number of carbonyl (C=O) groups is 2. The second kappa shape index (κ2) is 9.72. The zero-order valence-electron chi connectivity index (χ0n) is 18.6. The summed E-state index contributed by atoms with van der Waals surface area (Å²) in [4.78, 5) is 27.4. The molecule has 2 aromatic carbocycles. The van der Waals surface area contributed by atoms with Crippen LogP contribution in [0.2, 0.25) is 0 Å². The van der Waals surface area contributed by atoms with Crippen molar-refractivity contribution in [1.29, 1.82) is 0 Å². The highest BCUT2D eigenvalue weighted by atomic mass is 32.2. The van der Waals surface area contributed by atoms with Crippen molar-refractivity contribution in [2.75, 3.05) is 30.8 Å². The second-order valence-electron chi connectivity index (χ2n) is 8.06. The number of carbonyl (C=O) groups excluding carboxylic acids is 2. The fourth-order valence-corrected chi connectivity index (χ4v) is 4.81. The summed E-state index contributed by atoms with van der Waals surface area (Å²) < 4.78 is 12.8. The smallest absolute Gasteiger partial charge is 0.254 e. The molecule has 2 amide bonds. The third kappa shape index (κ3) is 4.69. The van der Waals surface area contributed by atoms with E-state index in [4.69, 9.17) is 9.47 Å². The number of ether oxygens (including phenoxy) is 2. The molecule has 0 bridgehead atoms. The van der Waals surface area contributed by atoms with Crippen LogP contribution in [0.4, 0.5) is 5.69 Å². The lowest BCUT2D eigenvalue weighted by atomic mass is 10.0. The highest BCUT2D eigenvalue weighted by molar-refractivity contribution is 7.99. The summed E-state index contributed by atoms with van der Waals surface area (Å²) in [6, 6.07) is 12.9. The molecule has 0 aliphatic carbocycles. The Hall–Kier alpha value is -3.60.